The summed E-state index contributed by atoms with van der Waals surface area (Å²) < 4.78 is 27.6. The highest BCUT2D eigenvalue weighted by Gasteiger charge is 2.18. The predicted molar refractivity (Wildman–Crippen MR) is 84.6 cm³/mol. The summed E-state index contributed by atoms with van der Waals surface area (Å²) in [5.74, 6) is 0. The van der Waals surface area contributed by atoms with Gasteiger partial charge in [-0.25, -0.2) is 13.1 Å². The van der Waals surface area contributed by atoms with Crippen molar-refractivity contribution in [2.45, 2.75) is 11.4 Å². The Morgan fingerprint density at radius 3 is 2.40 bits per heavy atom. The average molecular weight is 395 g/mol. The van der Waals surface area contributed by atoms with Gasteiger partial charge in [-0.3, -0.25) is 0 Å². The van der Waals surface area contributed by atoms with Crippen LogP contribution in [0.3, 0.4) is 0 Å². The Balaban J connectivity index is 2.22. The molecule has 0 spiro atoms. The van der Waals surface area contributed by atoms with E-state index in [4.69, 9.17) is 23.2 Å². The van der Waals surface area contributed by atoms with Crippen molar-refractivity contribution in [3.63, 3.8) is 0 Å². The Labute approximate surface area is 136 Å². The van der Waals surface area contributed by atoms with Gasteiger partial charge < -0.3 is 0 Å². The quantitative estimate of drug-likeness (QED) is 0.843. The first-order valence-electron chi connectivity index (χ1n) is 5.58. The fourth-order valence-corrected chi connectivity index (χ4v) is 3.83. The molecular weight excluding hydrogens is 385 g/mol. The molecule has 2 rings (SSSR count). The molecule has 3 nitrogen and oxygen atoms in total. The summed E-state index contributed by atoms with van der Waals surface area (Å²) in [6.07, 6.45) is 0. The van der Waals surface area contributed by atoms with E-state index in [2.05, 4.69) is 20.7 Å². The Morgan fingerprint density at radius 1 is 1.05 bits per heavy atom. The third kappa shape index (κ3) is 3.74. The first-order chi connectivity index (χ1) is 9.40. The summed E-state index contributed by atoms with van der Waals surface area (Å²) in [5, 5.41) is 0.670. The number of halogens is 3. The van der Waals surface area contributed by atoms with Crippen LogP contribution in [0.25, 0.3) is 0 Å². The molecule has 0 aliphatic heterocycles. The van der Waals surface area contributed by atoms with Crippen molar-refractivity contribution in [3.8, 4) is 0 Å². The number of hydrogen-bond acceptors (Lipinski definition) is 2. The number of nitrogens with one attached hydrogen (secondary N) is 1. The average Bonchev–Trinajstić information content (AvgIpc) is 2.37. The largest absolute Gasteiger partial charge is 0.242 e. The van der Waals surface area contributed by atoms with E-state index in [-0.39, 0.29) is 16.5 Å². The number of sulfonamides is 1. The van der Waals surface area contributed by atoms with Gasteiger partial charge in [-0.15, -0.1) is 0 Å². The minimum Gasteiger partial charge on any atom is -0.207 e. The second-order valence-corrected chi connectivity index (χ2v) is 7.46. The van der Waals surface area contributed by atoms with E-state index >= 15 is 0 Å². The molecule has 0 aliphatic rings. The highest BCUT2D eigenvalue weighted by molar-refractivity contribution is 9.10. The minimum absolute atomic E-state index is 0.0365. The van der Waals surface area contributed by atoms with Crippen LogP contribution < -0.4 is 4.72 Å². The Morgan fingerprint density at radius 2 is 1.75 bits per heavy atom. The monoisotopic (exact) mass is 393 g/mol. The lowest BCUT2D eigenvalue weighted by molar-refractivity contribution is 0.581. The number of benzene rings is 2. The lowest BCUT2D eigenvalue weighted by Crippen LogP contribution is -2.23. The SMILES string of the molecule is O=S(=O)(NCc1ccccc1Cl)c1ccc(Br)cc1Cl. The van der Waals surface area contributed by atoms with E-state index in [0.29, 0.717) is 15.1 Å². The van der Waals surface area contributed by atoms with Gasteiger partial charge in [0, 0.05) is 16.0 Å². The van der Waals surface area contributed by atoms with Crippen LogP contribution in [-0.2, 0) is 16.6 Å². The van der Waals surface area contributed by atoms with Crippen LogP contribution >= 0.6 is 39.1 Å². The number of hydrogen-bond donors (Lipinski definition) is 1. The Bertz CT molecular complexity index is 735. The summed E-state index contributed by atoms with van der Waals surface area (Å²) in [5.41, 5.74) is 0.700. The van der Waals surface area contributed by atoms with Gasteiger partial charge in [0.15, 0.2) is 0 Å². The molecule has 0 radical (unpaired) electrons. The van der Waals surface area contributed by atoms with Crippen molar-refractivity contribution in [2.24, 2.45) is 0 Å². The smallest absolute Gasteiger partial charge is 0.207 e. The topological polar surface area (TPSA) is 46.2 Å². The zero-order valence-electron chi connectivity index (χ0n) is 10.1. The van der Waals surface area contributed by atoms with Crippen LogP contribution in [0, 0.1) is 0 Å². The van der Waals surface area contributed by atoms with E-state index < -0.39 is 10.0 Å². The molecule has 2 aromatic carbocycles. The lowest BCUT2D eigenvalue weighted by Gasteiger charge is -2.09. The molecule has 0 heterocycles. The second-order valence-electron chi connectivity index (χ2n) is 3.99. The van der Waals surface area contributed by atoms with Gasteiger partial charge in [-0.1, -0.05) is 57.3 Å². The summed E-state index contributed by atoms with van der Waals surface area (Å²) >= 11 is 15.2. The molecule has 0 atom stereocenters. The zero-order valence-corrected chi connectivity index (χ0v) is 14.0. The fraction of sp³-hybridized carbons (Fsp3) is 0.0769. The van der Waals surface area contributed by atoms with E-state index in [1.807, 2.05) is 0 Å². The molecule has 106 valence electrons. The van der Waals surface area contributed by atoms with Gasteiger partial charge in [0.05, 0.1) is 5.02 Å². The van der Waals surface area contributed by atoms with Crippen molar-refractivity contribution in [2.75, 3.05) is 0 Å². The molecular formula is C13H10BrCl2NO2S. The van der Waals surface area contributed by atoms with Crippen LogP contribution in [0.5, 0.6) is 0 Å². The molecule has 0 saturated carbocycles. The van der Waals surface area contributed by atoms with E-state index in [9.17, 15) is 8.42 Å². The van der Waals surface area contributed by atoms with Crippen LogP contribution in [-0.4, -0.2) is 8.42 Å². The molecule has 0 aliphatic carbocycles. The predicted octanol–water partition coefficient (Wildman–Crippen LogP) is 4.23. The highest BCUT2D eigenvalue weighted by atomic mass is 79.9. The standard InChI is InChI=1S/C13H10BrCl2NO2S/c14-10-5-6-13(12(16)7-10)20(18,19)17-8-9-3-1-2-4-11(9)15/h1-7,17H,8H2. The van der Waals surface area contributed by atoms with Crippen LogP contribution in [0.1, 0.15) is 5.56 Å². The van der Waals surface area contributed by atoms with Crippen molar-refractivity contribution in [3.05, 3.63) is 62.5 Å². The Hall–Kier alpha value is -0.590. The maximum Gasteiger partial charge on any atom is 0.242 e. The third-order valence-electron chi connectivity index (χ3n) is 2.59. The maximum absolute atomic E-state index is 12.2. The summed E-state index contributed by atoms with van der Waals surface area (Å²) in [7, 11) is -3.68. The van der Waals surface area contributed by atoms with Crippen molar-refractivity contribution >= 4 is 49.2 Å². The van der Waals surface area contributed by atoms with Gasteiger partial charge in [-0.2, -0.15) is 0 Å². The minimum atomic E-state index is -3.68. The molecule has 2 aromatic rings. The first-order valence-corrected chi connectivity index (χ1v) is 8.61. The molecule has 0 unspecified atom stereocenters. The van der Waals surface area contributed by atoms with Crippen molar-refractivity contribution in [1.82, 2.24) is 4.72 Å². The first kappa shape index (κ1) is 15.8. The van der Waals surface area contributed by atoms with Crippen molar-refractivity contribution in [1.29, 1.82) is 0 Å². The second kappa shape index (κ2) is 6.45. The van der Waals surface area contributed by atoms with Crippen LogP contribution in [0.4, 0.5) is 0 Å². The molecule has 0 bridgehead atoms. The van der Waals surface area contributed by atoms with Gasteiger partial charge in [0.2, 0.25) is 10.0 Å². The van der Waals surface area contributed by atoms with Gasteiger partial charge >= 0.3 is 0 Å². The van der Waals surface area contributed by atoms with Crippen LogP contribution in [0.15, 0.2) is 51.8 Å². The highest BCUT2D eigenvalue weighted by Crippen LogP contribution is 2.25. The molecule has 0 amide bonds. The molecule has 0 fully saturated rings. The Kier molecular flexibility index (Phi) is 5.09. The van der Waals surface area contributed by atoms with E-state index in [1.54, 1.807) is 30.3 Å². The van der Waals surface area contributed by atoms with Gasteiger partial charge in [-0.05, 0) is 29.8 Å². The fourth-order valence-electron chi connectivity index (χ4n) is 1.59. The molecule has 1 N–H and O–H groups in total. The van der Waals surface area contributed by atoms with E-state index in [1.165, 1.54) is 12.1 Å². The summed E-state index contributed by atoms with van der Waals surface area (Å²) in [4.78, 5) is 0.0365. The summed E-state index contributed by atoms with van der Waals surface area (Å²) in [6.45, 7) is 0.106. The third-order valence-corrected chi connectivity index (χ3v) is 5.34. The molecule has 7 heteroatoms. The normalized spacial score (nSPS) is 11.6. The van der Waals surface area contributed by atoms with Gasteiger partial charge in [0.25, 0.3) is 0 Å². The number of rotatable bonds is 4. The molecule has 20 heavy (non-hydrogen) atoms. The van der Waals surface area contributed by atoms with E-state index in [0.717, 1.165) is 0 Å². The molecule has 0 aromatic heterocycles. The van der Waals surface area contributed by atoms with Crippen molar-refractivity contribution < 1.29 is 8.42 Å². The van der Waals surface area contributed by atoms with Gasteiger partial charge in [0.1, 0.15) is 4.90 Å². The summed E-state index contributed by atoms with van der Waals surface area (Å²) in [6, 6.07) is 11.6. The molecule has 0 saturated heterocycles. The lowest BCUT2D eigenvalue weighted by atomic mass is 10.2. The maximum atomic E-state index is 12.2. The van der Waals surface area contributed by atoms with Crippen LogP contribution in [0.2, 0.25) is 10.0 Å². The zero-order chi connectivity index (χ0) is 14.8.